The van der Waals surface area contributed by atoms with E-state index in [1.165, 1.54) is 0 Å². The lowest BCUT2D eigenvalue weighted by atomic mass is 10.1. The first kappa shape index (κ1) is 18.2. The third kappa shape index (κ3) is 3.75. The third-order valence-electron chi connectivity index (χ3n) is 4.58. The number of aromatic nitrogens is 1. The fraction of sp³-hybridized carbons (Fsp3) is 0.130. The van der Waals surface area contributed by atoms with Gasteiger partial charge in [0.1, 0.15) is 10.8 Å². The maximum absolute atomic E-state index is 12.5. The summed E-state index contributed by atoms with van der Waals surface area (Å²) in [7, 11) is 1.66. The Bertz CT molecular complexity index is 1130. The zero-order chi connectivity index (χ0) is 19.5. The molecule has 0 radical (unpaired) electrons. The number of anilines is 1. The lowest BCUT2D eigenvalue weighted by Gasteiger charge is -2.07. The van der Waals surface area contributed by atoms with Gasteiger partial charge >= 0.3 is 0 Å². The molecule has 1 N–H and O–H groups in total. The highest BCUT2D eigenvalue weighted by molar-refractivity contribution is 7.21. The third-order valence-corrected chi connectivity index (χ3v) is 5.65. The number of carbonyl (C=O) groups is 1. The topological polar surface area (TPSA) is 51.2 Å². The molecule has 1 heterocycles. The molecule has 0 saturated carbocycles. The molecule has 0 atom stereocenters. The fourth-order valence-electron chi connectivity index (χ4n) is 2.99. The number of amides is 1. The molecule has 4 aromatic rings. The van der Waals surface area contributed by atoms with Gasteiger partial charge < -0.3 is 10.1 Å². The number of thiazole rings is 1. The summed E-state index contributed by atoms with van der Waals surface area (Å²) in [5, 5.41) is 3.90. The van der Waals surface area contributed by atoms with Crippen LogP contribution in [0.3, 0.4) is 0 Å². The number of carbonyl (C=O) groups excluding carboxylic acids is 1. The average Bonchev–Trinajstić information content (AvgIpc) is 3.17. The number of hydrogen-bond acceptors (Lipinski definition) is 4. The van der Waals surface area contributed by atoms with Crippen LogP contribution in [-0.2, 0) is 6.42 Å². The van der Waals surface area contributed by atoms with E-state index in [9.17, 15) is 4.79 Å². The van der Waals surface area contributed by atoms with Crippen LogP contribution >= 0.6 is 11.3 Å². The van der Waals surface area contributed by atoms with Crippen molar-refractivity contribution in [3.63, 3.8) is 0 Å². The summed E-state index contributed by atoms with van der Waals surface area (Å²) < 4.78 is 6.37. The van der Waals surface area contributed by atoms with E-state index in [2.05, 4.69) is 12.2 Å². The van der Waals surface area contributed by atoms with Crippen LogP contribution < -0.4 is 10.1 Å². The van der Waals surface area contributed by atoms with Crippen LogP contribution in [0.5, 0.6) is 5.75 Å². The number of nitrogens with one attached hydrogen (secondary N) is 1. The van der Waals surface area contributed by atoms with Crippen molar-refractivity contribution in [3.05, 3.63) is 77.9 Å². The molecule has 28 heavy (non-hydrogen) atoms. The van der Waals surface area contributed by atoms with E-state index in [-0.39, 0.29) is 5.91 Å². The van der Waals surface area contributed by atoms with Gasteiger partial charge in [0.15, 0.2) is 0 Å². The highest BCUT2D eigenvalue weighted by Crippen LogP contribution is 2.32. The summed E-state index contributed by atoms with van der Waals surface area (Å²) in [5.41, 5.74) is 4.55. The molecule has 0 aliphatic heterocycles. The lowest BCUT2D eigenvalue weighted by molar-refractivity contribution is 0.102. The lowest BCUT2D eigenvalue weighted by Crippen LogP contribution is -2.12. The molecule has 0 bridgehead atoms. The minimum atomic E-state index is -0.102. The Kier molecular flexibility index (Phi) is 5.08. The van der Waals surface area contributed by atoms with Crippen molar-refractivity contribution in [1.29, 1.82) is 0 Å². The van der Waals surface area contributed by atoms with Crippen LogP contribution in [0.25, 0.3) is 20.8 Å². The molecule has 0 unspecified atom stereocenters. The molecule has 0 fully saturated rings. The average molecular weight is 388 g/mol. The van der Waals surface area contributed by atoms with Crippen molar-refractivity contribution in [2.45, 2.75) is 13.3 Å². The number of methoxy groups -OCH3 is 1. The second-order valence-corrected chi connectivity index (χ2v) is 7.47. The zero-order valence-electron chi connectivity index (χ0n) is 15.7. The van der Waals surface area contributed by atoms with Gasteiger partial charge in [-0.1, -0.05) is 19.1 Å². The van der Waals surface area contributed by atoms with Gasteiger partial charge in [-0.05, 0) is 66.6 Å². The Balaban J connectivity index is 1.53. The van der Waals surface area contributed by atoms with Gasteiger partial charge in [0.05, 0.1) is 17.3 Å². The number of fused-ring (bicyclic) bond motifs is 1. The predicted molar refractivity (Wildman–Crippen MR) is 115 cm³/mol. The van der Waals surface area contributed by atoms with E-state index in [1.807, 2.05) is 66.7 Å². The van der Waals surface area contributed by atoms with Crippen LogP contribution in [0.4, 0.5) is 5.69 Å². The molecule has 0 aliphatic rings. The molecule has 3 aromatic carbocycles. The maximum Gasteiger partial charge on any atom is 0.255 e. The summed E-state index contributed by atoms with van der Waals surface area (Å²) in [6.07, 6.45) is 0.907. The molecule has 4 rings (SSSR count). The molecule has 0 spiro atoms. The molecule has 1 aromatic heterocycles. The number of ether oxygens (including phenoxy) is 1. The van der Waals surface area contributed by atoms with Gasteiger partial charge in [-0.3, -0.25) is 4.79 Å². The smallest absolute Gasteiger partial charge is 0.255 e. The Morgan fingerprint density at radius 3 is 2.64 bits per heavy atom. The summed E-state index contributed by atoms with van der Waals surface area (Å²) in [4.78, 5) is 17.2. The summed E-state index contributed by atoms with van der Waals surface area (Å²) >= 11 is 1.62. The Hall–Kier alpha value is -3.18. The van der Waals surface area contributed by atoms with E-state index in [0.717, 1.165) is 44.2 Å². The van der Waals surface area contributed by atoms with Gasteiger partial charge in [0, 0.05) is 16.8 Å². The summed E-state index contributed by atoms with van der Waals surface area (Å²) in [5.74, 6) is 0.725. The van der Waals surface area contributed by atoms with Crippen LogP contribution in [0.15, 0.2) is 66.7 Å². The Morgan fingerprint density at radius 2 is 1.89 bits per heavy atom. The van der Waals surface area contributed by atoms with Crippen molar-refractivity contribution in [1.82, 2.24) is 4.98 Å². The highest BCUT2D eigenvalue weighted by atomic mass is 32.1. The van der Waals surface area contributed by atoms with E-state index < -0.39 is 0 Å². The van der Waals surface area contributed by atoms with E-state index in [0.29, 0.717) is 5.56 Å². The standard InChI is InChI=1S/C23H20N2O2S/c1-3-15-5-4-6-17(13-15)22(26)24-18-9-7-16(8-10-18)23-25-20-12-11-19(27-2)14-21(20)28-23/h4-14H,3H2,1-2H3,(H,24,26). The first-order valence-corrected chi connectivity index (χ1v) is 9.93. The normalized spacial score (nSPS) is 10.8. The van der Waals surface area contributed by atoms with Crippen molar-refractivity contribution >= 4 is 33.1 Å². The van der Waals surface area contributed by atoms with Gasteiger partial charge in [-0.25, -0.2) is 4.98 Å². The molecule has 5 heteroatoms. The van der Waals surface area contributed by atoms with Crippen LogP contribution in [0.1, 0.15) is 22.8 Å². The molecular weight excluding hydrogens is 368 g/mol. The molecule has 0 saturated heterocycles. The quantitative estimate of drug-likeness (QED) is 0.471. The van der Waals surface area contributed by atoms with Crippen LogP contribution in [-0.4, -0.2) is 18.0 Å². The van der Waals surface area contributed by atoms with Gasteiger partial charge in [0.25, 0.3) is 5.91 Å². The van der Waals surface area contributed by atoms with Crippen LogP contribution in [0, 0.1) is 0 Å². The summed E-state index contributed by atoms with van der Waals surface area (Å²) in [6.45, 7) is 2.08. The number of benzene rings is 3. The molecular formula is C23H20N2O2S. The van der Waals surface area contributed by atoms with E-state index >= 15 is 0 Å². The fourth-order valence-corrected chi connectivity index (χ4v) is 3.99. The molecule has 140 valence electrons. The molecule has 4 nitrogen and oxygen atoms in total. The number of hydrogen-bond donors (Lipinski definition) is 1. The first-order valence-electron chi connectivity index (χ1n) is 9.11. The van der Waals surface area contributed by atoms with Crippen molar-refractivity contribution in [2.24, 2.45) is 0 Å². The van der Waals surface area contributed by atoms with E-state index in [4.69, 9.17) is 9.72 Å². The number of nitrogens with zero attached hydrogens (tertiary/aromatic N) is 1. The minimum Gasteiger partial charge on any atom is -0.497 e. The largest absolute Gasteiger partial charge is 0.497 e. The van der Waals surface area contributed by atoms with Crippen LogP contribution in [0.2, 0.25) is 0 Å². The first-order chi connectivity index (χ1) is 13.7. The van der Waals surface area contributed by atoms with Gasteiger partial charge in [-0.15, -0.1) is 11.3 Å². The zero-order valence-corrected chi connectivity index (χ0v) is 16.5. The number of aryl methyl sites for hydroxylation is 1. The summed E-state index contributed by atoms with van der Waals surface area (Å²) in [6, 6.07) is 21.4. The minimum absolute atomic E-state index is 0.102. The Morgan fingerprint density at radius 1 is 1.07 bits per heavy atom. The number of rotatable bonds is 5. The highest BCUT2D eigenvalue weighted by Gasteiger charge is 2.09. The van der Waals surface area contributed by atoms with Gasteiger partial charge in [-0.2, -0.15) is 0 Å². The maximum atomic E-state index is 12.5. The van der Waals surface area contributed by atoms with E-state index in [1.54, 1.807) is 18.4 Å². The van der Waals surface area contributed by atoms with Crippen molar-refractivity contribution in [3.8, 4) is 16.3 Å². The monoisotopic (exact) mass is 388 g/mol. The Labute approximate surface area is 167 Å². The van der Waals surface area contributed by atoms with Crippen molar-refractivity contribution < 1.29 is 9.53 Å². The second kappa shape index (κ2) is 7.82. The van der Waals surface area contributed by atoms with Crippen molar-refractivity contribution in [2.75, 3.05) is 12.4 Å². The SMILES string of the molecule is CCc1cccc(C(=O)Nc2ccc(-c3nc4ccc(OC)cc4s3)cc2)c1. The molecule has 0 aliphatic carbocycles. The van der Waals surface area contributed by atoms with Gasteiger partial charge in [0.2, 0.25) is 0 Å². The second-order valence-electron chi connectivity index (χ2n) is 6.44. The predicted octanol–water partition coefficient (Wildman–Crippen LogP) is 5.79. The molecule has 1 amide bonds.